The number of aromatic nitrogens is 3. The van der Waals surface area contributed by atoms with Gasteiger partial charge in [-0.15, -0.1) is 0 Å². The summed E-state index contributed by atoms with van der Waals surface area (Å²) in [5.74, 6) is 0.724. The average Bonchev–Trinajstić information content (AvgIpc) is 3.02. The highest BCUT2D eigenvalue weighted by Crippen LogP contribution is 2.21. The minimum atomic E-state index is -0.140. The maximum atomic E-state index is 12.9. The van der Waals surface area contributed by atoms with Crippen LogP contribution in [0.15, 0.2) is 30.6 Å². The molecule has 0 saturated carbocycles. The number of nitrogens with two attached hydrogens (primary N) is 1. The number of amides is 1. The molecule has 0 radical (unpaired) electrons. The molecule has 3 heterocycles. The Labute approximate surface area is 140 Å². The van der Waals surface area contributed by atoms with Crippen LogP contribution >= 0.6 is 0 Å². The number of methoxy groups -OCH3 is 1. The van der Waals surface area contributed by atoms with Gasteiger partial charge in [0, 0.05) is 26.5 Å². The molecule has 1 amide bonds. The van der Waals surface area contributed by atoms with E-state index in [4.69, 9.17) is 15.2 Å². The fourth-order valence-electron chi connectivity index (χ4n) is 2.75. The third kappa shape index (κ3) is 3.24. The molecule has 8 heteroatoms. The number of morpholine rings is 1. The molecule has 2 N–H and O–H groups in total. The van der Waals surface area contributed by atoms with Crippen molar-refractivity contribution < 1.29 is 14.3 Å². The van der Waals surface area contributed by atoms with Gasteiger partial charge < -0.3 is 20.1 Å². The van der Waals surface area contributed by atoms with Gasteiger partial charge in [0.25, 0.3) is 5.91 Å². The van der Waals surface area contributed by atoms with Crippen LogP contribution in [0.1, 0.15) is 16.8 Å². The summed E-state index contributed by atoms with van der Waals surface area (Å²) in [7, 11) is 1.64. The Balaban J connectivity index is 1.83. The van der Waals surface area contributed by atoms with E-state index in [1.54, 1.807) is 24.3 Å². The first-order valence-electron chi connectivity index (χ1n) is 7.85. The van der Waals surface area contributed by atoms with Crippen LogP contribution in [0.4, 0.5) is 5.82 Å². The number of nitrogens with zero attached hydrogens (tertiary/aromatic N) is 4. The van der Waals surface area contributed by atoms with E-state index in [0.29, 0.717) is 37.7 Å². The SMILES string of the molecule is COCCC1COCCN1C(=O)c1cnn(-c2ccccn2)c1N. The Bertz CT molecular complexity index is 688. The van der Waals surface area contributed by atoms with E-state index >= 15 is 0 Å². The van der Waals surface area contributed by atoms with Crippen molar-refractivity contribution >= 4 is 11.7 Å². The number of rotatable bonds is 5. The molecule has 0 aliphatic carbocycles. The van der Waals surface area contributed by atoms with E-state index in [1.807, 2.05) is 12.1 Å². The lowest BCUT2D eigenvalue weighted by atomic mass is 10.1. The second-order valence-corrected chi connectivity index (χ2v) is 5.55. The standard InChI is InChI=1S/C16H21N5O3/c1-23-8-5-12-11-24-9-7-20(12)16(22)13-10-19-21(15(13)17)14-4-2-3-6-18-14/h2-4,6,10,12H,5,7-9,11,17H2,1H3. The first kappa shape index (κ1) is 16.4. The number of anilines is 1. The van der Waals surface area contributed by atoms with Crippen molar-refractivity contribution in [2.75, 3.05) is 39.2 Å². The van der Waals surface area contributed by atoms with Crippen LogP contribution in [0, 0.1) is 0 Å². The molecule has 1 saturated heterocycles. The maximum absolute atomic E-state index is 12.9. The van der Waals surface area contributed by atoms with E-state index in [1.165, 1.54) is 10.9 Å². The normalized spacial score (nSPS) is 17.9. The topological polar surface area (TPSA) is 95.5 Å². The highest BCUT2D eigenvalue weighted by molar-refractivity contribution is 5.98. The van der Waals surface area contributed by atoms with Gasteiger partial charge in [0.2, 0.25) is 0 Å². The van der Waals surface area contributed by atoms with Crippen molar-refractivity contribution in [3.8, 4) is 5.82 Å². The van der Waals surface area contributed by atoms with E-state index in [9.17, 15) is 4.79 Å². The molecule has 3 rings (SSSR count). The smallest absolute Gasteiger partial charge is 0.259 e. The van der Waals surface area contributed by atoms with Crippen LogP contribution < -0.4 is 5.73 Å². The molecule has 128 valence electrons. The Hall–Kier alpha value is -2.45. The Morgan fingerprint density at radius 2 is 2.38 bits per heavy atom. The monoisotopic (exact) mass is 331 g/mol. The molecular weight excluding hydrogens is 310 g/mol. The highest BCUT2D eigenvalue weighted by Gasteiger charge is 2.30. The summed E-state index contributed by atoms with van der Waals surface area (Å²) in [5, 5.41) is 4.21. The number of hydrogen-bond donors (Lipinski definition) is 1. The lowest BCUT2D eigenvalue weighted by Gasteiger charge is -2.35. The van der Waals surface area contributed by atoms with Crippen molar-refractivity contribution in [2.45, 2.75) is 12.5 Å². The van der Waals surface area contributed by atoms with Crippen LogP contribution in [0.2, 0.25) is 0 Å². The molecule has 8 nitrogen and oxygen atoms in total. The first-order valence-corrected chi connectivity index (χ1v) is 7.85. The summed E-state index contributed by atoms with van der Waals surface area (Å²) in [6, 6.07) is 5.41. The molecule has 0 spiro atoms. The second-order valence-electron chi connectivity index (χ2n) is 5.55. The largest absolute Gasteiger partial charge is 0.385 e. The predicted octanol–water partition coefficient (Wildman–Crippen LogP) is 0.727. The summed E-state index contributed by atoms with van der Waals surface area (Å²) in [6.45, 7) is 2.12. The second kappa shape index (κ2) is 7.41. The van der Waals surface area contributed by atoms with Gasteiger partial charge in [-0.05, 0) is 18.6 Å². The van der Waals surface area contributed by atoms with Crippen molar-refractivity contribution in [1.29, 1.82) is 0 Å². The summed E-state index contributed by atoms with van der Waals surface area (Å²) in [6.07, 6.45) is 3.87. The molecule has 2 aromatic heterocycles. The van der Waals surface area contributed by atoms with Crippen molar-refractivity contribution in [2.24, 2.45) is 0 Å². The van der Waals surface area contributed by atoms with Crippen LogP contribution in [0.5, 0.6) is 0 Å². The van der Waals surface area contributed by atoms with Crippen LogP contribution in [-0.4, -0.2) is 65.1 Å². The van der Waals surface area contributed by atoms with Gasteiger partial charge in [-0.3, -0.25) is 4.79 Å². The average molecular weight is 331 g/mol. The Morgan fingerprint density at radius 3 is 3.12 bits per heavy atom. The van der Waals surface area contributed by atoms with Gasteiger partial charge in [0.05, 0.1) is 25.5 Å². The van der Waals surface area contributed by atoms with Crippen LogP contribution in [0.3, 0.4) is 0 Å². The summed E-state index contributed by atoms with van der Waals surface area (Å²) < 4.78 is 12.1. The van der Waals surface area contributed by atoms with Crippen molar-refractivity contribution in [3.63, 3.8) is 0 Å². The van der Waals surface area contributed by atoms with Gasteiger partial charge in [0.1, 0.15) is 11.4 Å². The molecule has 0 aromatic carbocycles. The van der Waals surface area contributed by atoms with Gasteiger partial charge in [-0.2, -0.15) is 9.78 Å². The summed E-state index contributed by atoms with van der Waals surface area (Å²) in [5.41, 5.74) is 6.53. The minimum Gasteiger partial charge on any atom is -0.385 e. The molecule has 0 bridgehead atoms. The molecular formula is C16H21N5O3. The molecule has 24 heavy (non-hydrogen) atoms. The Morgan fingerprint density at radius 1 is 1.50 bits per heavy atom. The van der Waals surface area contributed by atoms with Gasteiger partial charge in [0.15, 0.2) is 5.82 Å². The summed E-state index contributed by atoms with van der Waals surface area (Å²) in [4.78, 5) is 18.9. The third-order valence-corrected chi connectivity index (χ3v) is 4.05. The lowest BCUT2D eigenvalue weighted by molar-refractivity contribution is -0.0103. The van der Waals surface area contributed by atoms with E-state index in [2.05, 4.69) is 10.1 Å². The zero-order valence-corrected chi connectivity index (χ0v) is 13.6. The van der Waals surface area contributed by atoms with Crippen LogP contribution in [-0.2, 0) is 9.47 Å². The number of pyridine rings is 1. The third-order valence-electron chi connectivity index (χ3n) is 4.05. The fourth-order valence-corrected chi connectivity index (χ4v) is 2.75. The van der Waals surface area contributed by atoms with E-state index in [0.717, 1.165) is 6.42 Å². The number of nitrogen functional groups attached to an aromatic ring is 1. The fraction of sp³-hybridized carbons (Fsp3) is 0.438. The quantitative estimate of drug-likeness (QED) is 0.868. The zero-order valence-electron chi connectivity index (χ0n) is 13.6. The van der Waals surface area contributed by atoms with Crippen molar-refractivity contribution in [1.82, 2.24) is 19.7 Å². The molecule has 1 unspecified atom stereocenters. The molecule has 1 atom stereocenters. The van der Waals surface area contributed by atoms with Gasteiger partial charge in [-0.1, -0.05) is 6.07 Å². The number of carbonyl (C=O) groups is 1. The highest BCUT2D eigenvalue weighted by atomic mass is 16.5. The molecule has 1 aliphatic heterocycles. The van der Waals surface area contributed by atoms with Gasteiger partial charge in [-0.25, -0.2) is 4.98 Å². The summed E-state index contributed by atoms with van der Waals surface area (Å²) >= 11 is 0. The predicted molar refractivity (Wildman–Crippen MR) is 87.9 cm³/mol. The lowest BCUT2D eigenvalue weighted by Crippen LogP contribution is -2.49. The van der Waals surface area contributed by atoms with Gasteiger partial charge >= 0.3 is 0 Å². The number of carbonyl (C=O) groups excluding carboxylic acids is 1. The maximum Gasteiger partial charge on any atom is 0.259 e. The molecule has 1 fully saturated rings. The number of hydrogen-bond acceptors (Lipinski definition) is 6. The minimum absolute atomic E-state index is 0.0243. The first-order chi connectivity index (χ1) is 11.7. The van der Waals surface area contributed by atoms with Crippen LogP contribution in [0.25, 0.3) is 5.82 Å². The zero-order chi connectivity index (χ0) is 16.9. The van der Waals surface area contributed by atoms with Crippen molar-refractivity contribution in [3.05, 3.63) is 36.2 Å². The number of ether oxygens (including phenoxy) is 2. The van der Waals surface area contributed by atoms with E-state index in [-0.39, 0.29) is 17.8 Å². The molecule has 1 aliphatic rings. The Kier molecular flexibility index (Phi) is 5.07. The van der Waals surface area contributed by atoms with E-state index < -0.39 is 0 Å². The molecule has 2 aromatic rings.